The fraction of sp³-hybridized carbons (Fsp3) is 0.841. The van der Waals surface area contributed by atoms with Crippen LogP contribution in [0.15, 0.2) is 24.3 Å². The summed E-state index contributed by atoms with van der Waals surface area (Å²) in [6, 6.07) is 0. The minimum absolute atomic E-state index is 0.171. The Hall–Kier alpha value is -2.19. The lowest BCUT2D eigenvalue weighted by Gasteiger charge is -2.09. The van der Waals surface area contributed by atoms with Crippen LogP contribution in [-0.4, -0.2) is 62.2 Å². The van der Waals surface area contributed by atoms with E-state index in [4.69, 9.17) is 9.90 Å². The van der Waals surface area contributed by atoms with E-state index in [-0.39, 0.29) is 11.8 Å². The first-order valence-electron chi connectivity index (χ1n) is 21.9. The average Bonchev–Trinajstić information content (AvgIpc) is 3.12. The summed E-state index contributed by atoms with van der Waals surface area (Å²) in [5, 5.41) is 20.2. The van der Waals surface area contributed by atoms with E-state index in [0.717, 1.165) is 58.8 Å². The highest BCUT2D eigenvalue weighted by molar-refractivity contribution is 5.76. The number of rotatable bonds is 39. The highest BCUT2D eigenvalue weighted by atomic mass is 16.4. The van der Waals surface area contributed by atoms with Gasteiger partial charge in [-0.3, -0.25) is 14.4 Å². The number of carboxylic acids is 1. The van der Waals surface area contributed by atoms with Crippen LogP contribution in [0.25, 0.3) is 0 Å². The Balaban J connectivity index is 0. The van der Waals surface area contributed by atoms with E-state index in [2.05, 4.69) is 59.4 Å². The van der Waals surface area contributed by atoms with Crippen LogP contribution in [0.2, 0.25) is 0 Å². The van der Waals surface area contributed by atoms with Crippen molar-refractivity contribution in [3.63, 3.8) is 0 Å². The zero-order valence-corrected chi connectivity index (χ0v) is 34.5. The summed E-state index contributed by atoms with van der Waals surface area (Å²) in [4.78, 5) is 33.1. The summed E-state index contributed by atoms with van der Waals surface area (Å²) >= 11 is 0. The maximum absolute atomic E-state index is 12.0. The number of allylic oxidation sites excluding steroid dienone is 4. The first-order chi connectivity index (χ1) is 25.4. The van der Waals surface area contributed by atoms with Crippen molar-refractivity contribution < 1.29 is 19.5 Å². The predicted molar refractivity (Wildman–Crippen MR) is 224 cm³/mol. The van der Waals surface area contributed by atoms with Crippen molar-refractivity contribution >= 4 is 17.8 Å². The summed E-state index contributed by atoms with van der Waals surface area (Å²) in [6.07, 6.45) is 44.0. The van der Waals surface area contributed by atoms with Crippen molar-refractivity contribution in [2.75, 3.05) is 39.3 Å². The van der Waals surface area contributed by atoms with Crippen LogP contribution < -0.4 is 21.3 Å². The Morgan fingerprint density at radius 3 is 0.962 bits per heavy atom. The summed E-state index contributed by atoms with van der Waals surface area (Å²) < 4.78 is 0. The van der Waals surface area contributed by atoms with Crippen LogP contribution >= 0.6 is 0 Å². The lowest BCUT2D eigenvalue weighted by Crippen LogP contribution is -2.37. The maximum Gasteiger partial charge on any atom is 0.300 e. The van der Waals surface area contributed by atoms with E-state index in [1.54, 1.807) is 0 Å². The van der Waals surface area contributed by atoms with Crippen LogP contribution in [0.4, 0.5) is 0 Å². The standard InChI is InChI=1S/C42H82N4O2.C2H4O2/c1-3-5-7-9-11-13-15-17-19-21-23-25-27-29-31-33-41(47)45-39-37-43-35-36-44-38-40-46-42(48)34-32-30-28-26-24-22-20-18-16-14-12-10-8-6-4-2;1-2(3)4/h17-20,43-44H,3-16,21-40H2,1-2H3,(H,45,47)(H,46,48);1H3,(H,3,4). The molecule has 0 heterocycles. The molecule has 0 aromatic carbocycles. The van der Waals surface area contributed by atoms with Crippen LogP contribution in [0.1, 0.15) is 201 Å². The van der Waals surface area contributed by atoms with Gasteiger partial charge >= 0.3 is 0 Å². The molecule has 306 valence electrons. The predicted octanol–water partition coefficient (Wildman–Crippen LogP) is 10.6. The smallest absolute Gasteiger partial charge is 0.300 e. The summed E-state index contributed by atoms with van der Waals surface area (Å²) in [5.41, 5.74) is 0. The molecule has 0 radical (unpaired) electrons. The van der Waals surface area contributed by atoms with Crippen molar-refractivity contribution in [1.29, 1.82) is 0 Å². The third-order valence-electron chi connectivity index (χ3n) is 9.06. The molecule has 0 saturated heterocycles. The second kappa shape index (κ2) is 46.8. The first-order valence-corrected chi connectivity index (χ1v) is 21.9. The number of nitrogens with one attached hydrogen (secondary N) is 4. The van der Waals surface area contributed by atoms with E-state index in [9.17, 15) is 9.59 Å². The Labute approximate surface area is 322 Å². The molecule has 0 saturated carbocycles. The molecule has 0 unspecified atom stereocenters. The lowest BCUT2D eigenvalue weighted by molar-refractivity contribution is -0.134. The summed E-state index contributed by atoms with van der Waals surface area (Å²) in [5.74, 6) is -0.491. The number of unbranched alkanes of at least 4 members (excludes halogenated alkanes) is 22. The van der Waals surface area contributed by atoms with Gasteiger partial charge in [0.1, 0.15) is 0 Å². The molecule has 8 nitrogen and oxygen atoms in total. The van der Waals surface area contributed by atoms with Gasteiger partial charge in [0.15, 0.2) is 0 Å². The minimum Gasteiger partial charge on any atom is -0.481 e. The number of carboxylic acid groups (broad SMARTS) is 1. The number of amides is 2. The number of carbonyl (C=O) groups excluding carboxylic acids is 2. The first kappa shape index (κ1) is 51.9. The Bertz CT molecular complexity index is 754. The molecular formula is C44H86N4O4. The van der Waals surface area contributed by atoms with Gasteiger partial charge in [0.25, 0.3) is 5.97 Å². The third kappa shape index (κ3) is 52.2. The molecule has 0 aromatic rings. The van der Waals surface area contributed by atoms with Crippen LogP contribution in [0, 0.1) is 0 Å². The normalized spacial score (nSPS) is 11.2. The molecule has 2 amide bonds. The lowest BCUT2D eigenvalue weighted by atomic mass is 10.1. The maximum atomic E-state index is 12.0. The van der Waals surface area contributed by atoms with Crippen molar-refractivity contribution in [2.45, 2.75) is 201 Å². The second-order valence-corrected chi connectivity index (χ2v) is 14.4. The molecule has 5 N–H and O–H groups in total. The zero-order chi connectivity index (χ0) is 38.4. The van der Waals surface area contributed by atoms with Crippen LogP contribution in [-0.2, 0) is 14.4 Å². The van der Waals surface area contributed by atoms with E-state index < -0.39 is 5.97 Å². The molecule has 0 bridgehead atoms. The molecule has 0 aliphatic rings. The van der Waals surface area contributed by atoms with Crippen molar-refractivity contribution in [1.82, 2.24) is 21.3 Å². The van der Waals surface area contributed by atoms with Gasteiger partial charge in [-0.2, -0.15) is 0 Å². The monoisotopic (exact) mass is 735 g/mol. The molecule has 0 aromatic heterocycles. The molecule has 0 fully saturated rings. The molecule has 8 heteroatoms. The van der Waals surface area contributed by atoms with Gasteiger partial charge in [0, 0.05) is 59.0 Å². The number of hydrogen-bond donors (Lipinski definition) is 5. The van der Waals surface area contributed by atoms with E-state index in [1.165, 1.54) is 141 Å². The zero-order valence-electron chi connectivity index (χ0n) is 34.5. The summed E-state index contributed by atoms with van der Waals surface area (Å²) in [7, 11) is 0. The average molecular weight is 735 g/mol. The quantitative estimate of drug-likeness (QED) is 0.0317. The second-order valence-electron chi connectivity index (χ2n) is 14.4. The fourth-order valence-electron chi connectivity index (χ4n) is 5.90. The third-order valence-corrected chi connectivity index (χ3v) is 9.06. The van der Waals surface area contributed by atoms with Gasteiger partial charge in [-0.25, -0.2) is 0 Å². The molecule has 0 rings (SSSR count). The van der Waals surface area contributed by atoms with Gasteiger partial charge in [0.05, 0.1) is 0 Å². The van der Waals surface area contributed by atoms with Crippen molar-refractivity contribution in [2.24, 2.45) is 0 Å². The van der Waals surface area contributed by atoms with Crippen molar-refractivity contribution in [3.8, 4) is 0 Å². The number of carbonyl (C=O) groups is 3. The van der Waals surface area contributed by atoms with Gasteiger partial charge in [0.2, 0.25) is 11.8 Å². The number of aliphatic carboxylic acids is 1. The SMILES string of the molecule is CC(=O)O.CCCCCCCCC=CCCCCCCCC(=O)NCCNCCNCCNC(=O)CCCCCCCC=CCCCCCCCC. The Morgan fingerprint density at radius 1 is 0.404 bits per heavy atom. The topological polar surface area (TPSA) is 120 Å². The Morgan fingerprint density at radius 2 is 0.654 bits per heavy atom. The van der Waals surface area contributed by atoms with Crippen LogP contribution in [0.5, 0.6) is 0 Å². The minimum atomic E-state index is -0.833. The summed E-state index contributed by atoms with van der Waals surface area (Å²) in [6.45, 7) is 10.3. The van der Waals surface area contributed by atoms with E-state index in [0.29, 0.717) is 25.9 Å². The van der Waals surface area contributed by atoms with Gasteiger partial charge in [-0.15, -0.1) is 0 Å². The largest absolute Gasteiger partial charge is 0.481 e. The fourth-order valence-corrected chi connectivity index (χ4v) is 5.90. The van der Waals surface area contributed by atoms with Gasteiger partial charge < -0.3 is 26.4 Å². The molecular weight excluding hydrogens is 649 g/mol. The molecule has 0 aliphatic carbocycles. The van der Waals surface area contributed by atoms with Gasteiger partial charge in [-0.05, 0) is 64.2 Å². The molecule has 0 aliphatic heterocycles. The van der Waals surface area contributed by atoms with E-state index >= 15 is 0 Å². The number of hydrogen-bond acceptors (Lipinski definition) is 5. The highest BCUT2D eigenvalue weighted by Gasteiger charge is 2.02. The van der Waals surface area contributed by atoms with Gasteiger partial charge in [-0.1, -0.05) is 141 Å². The molecule has 0 spiro atoms. The van der Waals surface area contributed by atoms with Crippen molar-refractivity contribution in [3.05, 3.63) is 24.3 Å². The molecule has 52 heavy (non-hydrogen) atoms. The molecule has 0 atom stereocenters. The Kier molecular flexibility index (Phi) is 46.8. The van der Waals surface area contributed by atoms with E-state index in [1.807, 2.05) is 0 Å². The van der Waals surface area contributed by atoms with Crippen LogP contribution in [0.3, 0.4) is 0 Å². The highest BCUT2D eigenvalue weighted by Crippen LogP contribution is 2.11.